The predicted molar refractivity (Wildman–Crippen MR) is 73.7 cm³/mol. The molecule has 1 aromatic carbocycles. The average Bonchev–Trinajstić information content (AvgIpc) is 2.48. The van der Waals surface area contributed by atoms with Crippen LogP contribution in [0.5, 0.6) is 0 Å². The van der Waals surface area contributed by atoms with Crippen LogP contribution in [0.1, 0.15) is 0 Å². The summed E-state index contributed by atoms with van der Waals surface area (Å²) in [6.45, 7) is 0.896. The Balaban J connectivity index is 2.01. The van der Waals surface area contributed by atoms with Gasteiger partial charge < -0.3 is 19.6 Å². The molecular formula is C14H18N2O4. The summed E-state index contributed by atoms with van der Waals surface area (Å²) >= 11 is 0. The van der Waals surface area contributed by atoms with Gasteiger partial charge in [-0.25, -0.2) is 4.79 Å². The van der Waals surface area contributed by atoms with E-state index in [0.29, 0.717) is 13.2 Å². The van der Waals surface area contributed by atoms with Crippen molar-refractivity contribution < 1.29 is 19.4 Å². The van der Waals surface area contributed by atoms with Crippen LogP contribution in [0.15, 0.2) is 30.3 Å². The molecule has 2 rings (SSSR count). The standard InChI is InChI=1S/C14H18N2O4/c1-15(11-5-3-2-4-6-11)9-13(17)16-7-8-20-10-12(16)14(18)19/h2-6,12H,7-10H2,1H3,(H,18,19). The van der Waals surface area contributed by atoms with E-state index < -0.39 is 12.0 Å². The number of morpholine rings is 1. The largest absolute Gasteiger partial charge is 0.480 e. The van der Waals surface area contributed by atoms with Gasteiger partial charge in [-0.3, -0.25) is 4.79 Å². The van der Waals surface area contributed by atoms with Gasteiger partial charge in [0, 0.05) is 19.3 Å². The molecule has 1 N–H and O–H groups in total. The van der Waals surface area contributed by atoms with Crippen molar-refractivity contribution in [3.63, 3.8) is 0 Å². The minimum absolute atomic E-state index is 0.0517. The molecule has 0 radical (unpaired) electrons. The third-order valence-electron chi connectivity index (χ3n) is 3.30. The summed E-state index contributed by atoms with van der Waals surface area (Å²) in [5.74, 6) is -1.23. The van der Waals surface area contributed by atoms with Crippen LogP contribution in [0.4, 0.5) is 5.69 Å². The van der Waals surface area contributed by atoms with E-state index in [2.05, 4.69) is 0 Å². The Kier molecular flexibility index (Phi) is 4.57. The molecule has 6 heteroatoms. The number of carbonyl (C=O) groups is 2. The maximum absolute atomic E-state index is 12.3. The van der Waals surface area contributed by atoms with Crippen LogP contribution in [-0.2, 0) is 14.3 Å². The Labute approximate surface area is 117 Å². The number of rotatable bonds is 4. The van der Waals surface area contributed by atoms with Gasteiger partial charge in [0.25, 0.3) is 0 Å². The predicted octanol–water partition coefficient (Wildman–Crippen LogP) is 0.435. The van der Waals surface area contributed by atoms with Crippen molar-refractivity contribution in [1.82, 2.24) is 4.90 Å². The zero-order valence-electron chi connectivity index (χ0n) is 11.4. The van der Waals surface area contributed by atoms with Gasteiger partial charge in [0.05, 0.1) is 19.8 Å². The monoisotopic (exact) mass is 278 g/mol. The molecule has 1 aliphatic rings. The van der Waals surface area contributed by atoms with Crippen molar-refractivity contribution in [2.24, 2.45) is 0 Å². The van der Waals surface area contributed by atoms with Crippen LogP contribution in [0, 0.1) is 0 Å². The molecule has 1 heterocycles. The van der Waals surface area contributed by atoms with Crippen LogP contribution >= 0.6 is 0 Å². The summed E-state index contributed by atoms with van der Waals surface area (Å²) in [6, 6.07) is 8.61. The molecule has 1 aliphatic heterocycles. The zero-order valence-corrected chi connectivity index (χ0v) is 11.4. The number of likely N-dealkylation sites (N-methyl/N-ethyl adjacent to an activating group) is 1. The fourth-order valence-electron chi connectivity index (χ4n) is 2.17. The summed E-state index contributed by atoms with van der Waals surface area (Å²) in [4.78, 5) is 26.6. The molecule has 0 bridgehead atoms. The highest BCUT2D eigenvalue weighted by atomic mass is 16.5. The number of para-hydroxylation sites is 1. The van der Waals surface area contributed by atoms with Crippen molar-refractivity contribution in [3.8, 4) is 0 Å². The van der Waals surface area contributed by atoms with Crippen LogP contribution in [0.25, 0.3) is 0 Å². The SMILES string of the molecule is CN(CC(=O)N1CCOCC1C(=O)O)c1ccccc1. The molecular weight excluding hydrogens is 260 g/mol. The smallest absolute Gasteiger partial charge is 0.328 e. The zero-order chi connectivity index (χ0) is 14.5. The van der Waals surface area contributed by atoms with Crippen molar-refractivity contribution in [2.75, 3.05) is 38.3 Å². The quantitative estimate of drug-likeness (QED) is 0.865. The number of hydrogen-bond acceptors (Lipinski definition) is 4. The molecule has 1 saturated heterocycles. The van der Waals surface area contributed by atoms with E-state index in [9.17, 15) is 9.59 Å². The van der Waals surface area contributed by atoms with Gasteiger partial charge in [-0.1, -0.05) is 18.2 Å². The van der Waals surface area contributed by atoms with Crippen molar-refractivity contribution >= 4 is 17.6 Å². The molecule has 0 saturated carbocycles. The van der Waals surface area contributed by atoms with Gasteiger partial charge in [0.15, 0.2) is 6.04 Å². The first kappa shape index (κ1) is 14.3. The second-order valence-electron chi connectivity index (χ2n) is 4.71. The lowest BCUT2D eigenvalue weighted by Crippen LogP contribution is -2.54. The maximum Gasteiger partial charge on any atom is 0.328 e. The Morgan fingerprint density at radius 2 is 2.10 bits per heavy atom. The molecule has 0 spiro atoms. The summed E-state index contributed by atoms with van der Waals surface area (Å²) < 4.78 is 5.13. The first-order valence-electron chi connectivity index (χ1n) is 6.46. The van der Waals surface area contributed by atoms with Crippen LogP contribution < -0.4 is 4.90 Å². The van der Waals surface area contributed by atoms with Crippen molar-refractivity contribution in [1.29, 1.82) is 0 Å². The Morgan fingerprint density at radius 3 is 2.75 bits per heavy atom. The molecule has 1 fully saturated rings. The number of hydrogen-bond donors (Lipinski definition) is 1. The lowest BCUT2D eigenvalue weighted by atomic mass is 10.2. The van der Waals surface area contributed by atoms with Gasteiger partial charge in [0.2, 0.25) is 5.91 Å². The van der Waals surface area contributed by atoms with Gasteiger partial charge in [-0.15, -0.1) is 0 Å². The van der Waals surface area contributed by atoms with Crippen molar-refractivity contribution in [3.05, 3.63) is 30.3 Å². The van der Waals surface area contributed by atoms with E-state index in [1.165, 1.54) is 4.90 Å². The molecule has 108 valence electrons. The number of nitrogens with zero attached hydrogens (tertiary/aromatic N) is 2. The van der Waals surface area contributed by atoms with Crippen LogP contribution in [0.3, 0.4) is 0 Å². The lowest BCUT2D eigenvalue weighted by molar-refractivity contribution is -0.157. The van der Waals surface area contributed by atoms with E-state index in [-0.39, 0.29) is 19.1 Å². The number of benzene rings is 1. The Bertz CT molecular complexity index is 477. The number of aliphatic carboxylic acids is 1. The number of anilines is 1. The molecule has 1 unspecified atom stereocenters. The molecule has 0 aromatic heterocycles. The van der Waals surface area contributed by atoms with Gasteiger partial charge in [-0.2, -0.15) is 0 Å². The second kappa shape index (κ2) is 6.38. The topological polar surface area (TPSA) is 70.1 Å². The van der Waals surface area contributed by atoms with Crippen LogP contribution in [0.2, 0.25) is 0 Å². The van der Waals surface area contributed by atoms with Gasteiger partial charge in [-0.05, 0) is 12.1 Å². The minimum Gasteiger partial charge on any atom is -0.480 e. The summed E-state index contributed by atoms with van der Waals surface area (Å²) in [7, 11) is 1.81. The summed E-state index contributed by atoms with van der Waals surface area (Å²) in [5, 5.41) is 9.12. The molecule has 20 heavy (non-hydrogen) atoms. The Hall–Kier alpha value is -2.08. The third-order valence-corrected chi connectivity index (χ3v) is 3.30. The molecule has 0 aliphatic carbocycles. The summed E-state index contributed by atoms with van der Waals surface area (Å²) in [5.41, 5.74) is 0.918. The van der Waals surface area contributed by atoms with Crippen LogP contribution in [-0.4, -0.2) is 61.3 Å². The van der Waals surface area contributed by atoms with E-state index in [4.69, 9.17) is 9.84 Å². The van der Waals surface area contributed by atoms with E-state index in [0.717, 1.165) is 5.69 Å². The minimum atomic E-state index is -1.03. The number of carbonyl (C=O) groups excluding carboxylic acids is 1. The summed E-state index contributed by atoms with van der Waals surface area (Å²) in [6.07, 6.45) is 0. The highest BCUT2D eigenvalue weighted by Gasteiger charge is 2.32. The molecule has 1 aromatic rings. The highest BCUT2D eigenvalue weighted by molar-refractivity contribution is 5.86. The first-order chi connectivity index (χ1) is 9.59. The van der Waals surface area contributed by atoms with Gasteiger partial charge >= 0.3 is 5.97 Å². The maximum atomic E-state index is 12.3. The fourth-order valence-corrected chi connectivity index (χ4v) is 2.17. The second-order valence-corrected chi connectivity index (χ2v) is 4.71. The lowest BCUT2D eigenvalue weighted by Gasteiger charge is -2.34. The Morgan fingerprint density at radius 1 is 1.40 bits per heavy atom. The normalized spacial score (nSPS) is 18.6. The average molecular weight is 278 g/mol. The third kappa shape index (κ3) is 3.27. The number of ether oxygens (including phenoxy) is 1. The number of carboxylic acids is 1. The molecule has 6 nitrogen and oxygen atoms in total. The molecule has 1 amide bonds. The van der Waals surface area contributed by atoms with Gasteiger partial charge in [0.1, 0.15) is 0 Å². The number of carboxylic acid groups (broad SMARTS) is 1. The molecule has 1 atom stereocenters. The highest BCUT2D eigenvalue weighted by Crippen LogP contribution is 2.13. The van der Waals surface area contributed by atoms with E-state index in [1.807, 2.05) is 37.4 Å². The van der Waals surface area contributed by atoms with Crippen molar-refractivity contribution in [2.45, 2.75) is 6.04 Å². The number of amides is 1. The van der Waals surface area contributed by atoms with E-state index in [1.54, 1.807) is 4.90 Å². The first-order valence-corrected chi connectivity index (χ1v) is 6.46. The van der Waals surface area contributed by atoms with E-state index >= 15 is 0 Å². The fraction of sp³-hybridized carbons (Fsp3) is 0.429.